The average Bonchev–Trinajstić information content (AvgIpc) is 3.44. The number of carbonyl (C=O) groups excluding carboxylic acids is 2. The van der Waals surface area contributed by atoms with Crippen molar-refractivity contribution in [2.75, 3.05) is 18.9 Å². The van der Waals surface area contributed by atoms with Crippen LogP contribution in [0, 0.1) is 11.2 Å². The van der Waals surface area contributed by atoms with Gasteiger partial charge in [0.15, 0.2) is 0 Å². The molecule has 3 heterocycles. The van der Waals surface area contributed by atoms with Gasteiger partial charge in [-0.2, -0.15) is 0 Å². The van der Waals surface area contributed by atoms with Gasteiger partial charge in [0, 0.05) is 36.2 Å². The zero-order valence-electron chi connectivity index (χ0n) is 22.1. The maximum atomic E-state index is 15.0. The Labute approximate surface area is 229 Å². The Morgan fingerprint density at radius 2 is 1.92 bits per heavy atom. The standard InChI is InChI=1S/C29H28FN5O3S/c1-5-14-35(4)26(36)18-11-10-17(15-21(18)30)22-13-12-20-24(19-8-6-7-9-23(19)38-25(20)32-22)29(2,3)27(37)33-28-34-31-16-39-28/h6-13,15-16,24H,5,14H2,1-4H3,(H,33,34,37)/t24-/m0/s1. The summed E-state index contributed by atoms with van der Waals surface area (Å²) in [5.74, 6) is -0.627. The van der Waals surface area contributed by atoms with Crippen molar-refractivity contribution in [3.05, 3.63) is 82.6 Å². The number of ether oxygens (including phenoxy) is 1. The first-order valence-electron chi connectivity index (χ1n) is 12.6. The Bertz CT molecular complexity index is 1540. The molecule has 0 saturated heterocycles. The molecule has 1 aliphatic heterocycles. The van der Waals surface area contributed by atoms with Crippen molar-refractivity contribution in [2.24, 2.45) is 5.41 Å². The first kappa shape index (κ1) is 26.4. The van der Waals surface area contributed by atoms with Gasteiger partial charge in [0.1, 0.15) is 17.1 Å². The molecule has 39 heavy (non-hydrogen) atoms. The number of halogens is 1. The van der Waals surface area contributed by atoms with Crippen molar-refractivity contribution >= 4 is 28.3 Å². The first-order valence-corrected chi connectivity index (χ1v) is 13.5. The number of rotatable bonds is 7. The highest BCUT2D eigenvalue weighted by atomic mass is 32.1. The second kappa shape index (κ2) is 10.5. The van der Waals surface area contributed by atoms with Crippen LogP contribution in [0.3, 0.4) is 0 Å². The van der Waals surface area contributed by atoms with Crippen LogP contribution in [0.5, 0.6) is 11.6 Å². The summed E-state index contributed by atoms with van der Waals surface area (Å²) in [5.41, 5.74) is 3.26. The summed E-state index contributed by atoms with van der Waals surface area (Å²) in [7, 11) is 1.66. The lowest BCUT2D eigenvalue weighted by atomic mass is 9.69. The van der Waals surface area contributed by atoms with E-state index in [-0.39, 0.29) is 23.3 Å². The third kappa shape index (κ3) is 4.99. The number of amides is 2. The number of carbonyl (C=O) groups is 2. The molecule has 0 fully saturated rings. The lowest BCUT2D eigenvalue weighted by Crippen LogP contribution is -2.38. The van der Waals surface area contributed by atoms with Gasteiger partial charge in [-0.3, -0.25) is 9.59 Å². The summed E-state index contributed by atoms with van der Waals surface area (Å²) in [6, 6.07) is 15.7. The van der Waals surface area contributed by atoms with Gasteiger partial charge in [-0.25, -0.2) is 9.37 Å². The molecule has 0 unspecified atom stereocenters. The second-order valence-corrected chi connectivity index (χ2v) is 10.8. The molecule has 200 valence electrons. The van der Waals surface area contributed by atoms with E-state index in [9.17, 15) is 9.59 Å². The molecule has 10 heteroatoms. The third-order valence-electron chi connectivity index (χ3n) is 6.93. The fourth-order valence-electron chi connectivity index (χ4n) is 4.88. The highest BCUT2D eigenvalue weighted by molar-refractivity contribution is 7.13. The predicted octanol–water partition coefficient (Wildman–Crippen LogP) is 6.12. The Balaban J connectivity index is 1.51. The molecule has 2 aromatic carbocycles. The molecule has 2 amide bonds. The summed E-state index contributed by atoms with van der Waals surface area (Å²) >= 11 is 1.25. The summed E-state index contributed by atoms with van der Waals surface area (Å²) in [4.78, 5) is 32.3. The lowest BCUT2D eigenvalue weighted by molar-refractivity contribution is -0.124. The highest BCUT2D eigenvalue weighted by Gasteiger charge is 2.44. The van der Waals surface area contributed by atoms with Crippen LogP contribution in [0.1, 0.15) is 54.6 Å². The highest BCUT2D eigenvalue weighted by Crippen LogP contribution is 2.52. The van der Waals surface area contributed by atoms with Crippen LogP contribution >= 0.6 is 11.3 Å². The van der Waals surface area contributed by atoms with Gasteiger partial charge in [0.05, 0.1) is 16.7 Å². The lowest BCUT2D eigenvalue weighted by Gasteiger charge is -2.37. The second-order valence-electron chi connectivity index (χ2n) is 10.0. The van der Waals surface area contributed by atoms with Crippen molar-refractivity contribution in [3.63, 3.8) is 0 Å². The number of nitrogens with one attached hydrogen (secondary N) is 1. The number of fused-ring (bicyclic) bond motifs is 2. The molecule has 0 radical (unpaired) electrons. The number of hydrogen-bond acceptors (Lipinski definition) is 7. The van der Waals surface area contributed by atoms with E-state index in [1.807, 2.05) is 51.1 Å². The molecule has 0 aliphatic carbocycles. The van der Waals surface area contributed by atoms with Crippen LogP contribution in [0.4, 0.5) is 9.52 Å². The maximum Gasteiger partial charge on any atom is 0.256 e. The number of pyridine rings is 1. The topological polar surface area (TPSA) is 97.3 Å². The van der Waals surface area contributed by atoms with E-state index in [4.69, 9.17) is 9.72 Å². The molecule has 0 bridgehead atoms. The minimum atomic E-state index is -0.915. The monoisotopic (exact) mass is 545 g/mol. The van der Waals surface area contributed by atoms with E-state index in [0.29, 0.717) is 34.6 Å². The molecule has 1 aliphatic rings. The largest absolute Gasteiger partial charge is 0.438 e. The van der Waals surface area contributed by atoms with E-state index in [1.165, 1.54) is 28.4 Å². The van der Waals surface area contributed by atoms with E-state index in [0.717, 1.165) is 17.5 Å². The van der Waals surface area contributed by atoms with Gasteiger partial charge in [-0.05, 0) is 30.7 Å². The third-order valence-corrected chi connectivity index (χ3v) is 7.53. The van der Waals surface area contributed by atoms with E-state index in [2.05, 4.69) is 15.5 Å². The van der Waals surface area contributed by atoms with Crippen molar-refractivity contribution in [1.82, 2.24) is 20.1 Å². The van der Waals surface area contributed by atoms with Crippen LogP contribution < -0.4 is 10.1 Å². The van der Waals surface area contributed by atoms with Crippen molar-refractivity contribution < 1.29 is 18.7 Å². The maximum absolute atomic E-state index is 15.0. The molecular weight excluding hydrogens is 517 g/mol. The Morgan fingerprint density at radius 1 is 1.13 bits per heavy atom. The number of aromatic nitrogens is 3. The molecule has 4 aromatic rings. The van der Waals surface area contributed by atoms with Gasteiger partial charge >= 0.3 is 0 Å². The van der Waals surface area contributed by atoms with Crippen LogP contribution in [0.15, 0.2) is 60.1 Å². The fraction of sp³-hybridized carbons (Fsp3) is 0.276. The normalized spacial score (nSPS) is 14.1. The molecule has 2 aromatic heterocycles. The molecular formula is C29H28FN5O3S. The molecule has 1 atom stereocenters. The Kier molecular flexibility index (Phi) is 7.14. The number of nitrogens with zero attached hydrogens (tertiary/aromatic N) is 4. The van der Waals surface area contributed by atoms with E-state index in [1.54, 1.807) is 24.7 Å². The number of anilines is 1. The molecule has 8 nitrogen and oxygen atoms in total. The number of para-hydroxylation sites is 1. The SMILES string of the molecule is CCCN(C)C(=O)c1ccc(-c2ccc3c(n2)Oc2ccccc2[C@@H]3C(C)(C)C(=O)Nc2nncs2)cc1F. The molecule has 0 saturated carbocycles. The summed E-state index contributed by atoms with van der Waals surface area (Å²) in [5, 5.41) is 11.0. The zero-order valence-corrected chi connectivity index (χ0v) is 22.9. The Hall–Kier alpha value is -4.18. The minimum absolute atomic E-state index is 0.0149. The zero-order chi connectivity index (χ0) is 27.7. The first-order chi connectivity index (χ1) is 18.7. The van der Waals surface area contributed by atoms with Gasteiger partial charge in [0.2, 0.25) is 16.9 Å². The van der Waals surface area contributed by atoms with Crippen molar-refractivity contribution in [3.8, 4) is 22.9 Å². The minimum Gasteiger partial charge on any atom is -0.438 e. The average molecular weight is 546 g/mol. The molecule has 1 N–H and O–H groups in total. The summed E-state index contributed by atoms with van der Waals surface area (Å²) < 4.78 is 21.2. The van der Waals surface area contributed by atoms with Gasteiger partial charge in [-0.1, -0.05) is 62.4 Å². The smallest absolute Gasteiger partial charge is 0.256 e. The van der Waals surface area contributed by atoms with Crippen molar-refractivity contribution in [2.45, 2.75) is 33.1 Å². The van der Waals surface area contributed by atoms with E-state index < -0.39 is 11.2 Å². The Morgan fingerprint density at radius 3 is 2.64 bits per heavy atom. The van der Waals surface area contributed by atoms with Gasteiger partial charge < -0.3 is 15.0 Å². The van der Waals surface area contributed by atoms with Crippen LogP contribution in [-0.2, 0) is 4.79 Å². The number of benzene rings is 2. The van der Waals surface area contributed by atoms with Gasteiger partial charge in [0.25, 0.3) is 5.91 Å². The fourth-order valence-corrected chi connectivity index (χ4v) is 5.32. The van der Waals surface area contributed by atoms with Crippen LogP contribution in [-0.4, -0.2) is 45.5 Å². The van der Waals surface area contributed by atoms with Crippen LogP contribution in [0.2, 0.25) is 0 Å². The quantitative estimate of drug-likeness (QED) is 0.300. The predicted molar refractivity (Wildman–Crippen MR) is 148 cm³/mol. The van der Waals surface area contributed by atoms with Gasteiger partial charge in [-0.15, -0.1) is 10.2 Å². The van der Waals surface area contributed by atoms with Crippen LogP contribution in [0.25, 0.3) is 11.3 Å². The van der Waals surface area contributed by atoms with E-state index >= 15 is 4.39 Å². The summed E-state index contributed by atoms with van der Waals surface area (Å²) in [6.45, 7) is 6.24. The molecule has 0 spiro atoms. The van der Waals surface area contributed by atoms with Crippen molar-refractivity contribution in [1.29, 1.82) is 0 Å². The molecule has 5 rings (SSSR count). The summed E-state index contributed by atoms with van der Waals surface area (Å²) in [6.07, 6.45) is 0.783. The number of hydrogen-bond donors (Lipinski definition) is 1.